The molecule has 1 aliphatic heterocycles. The van der Waals surface area contributed by atoms with E-state index >= 15 is 0 Å². The molecule has 0 spiro atoms. The van der Waals surface area contributed by atoms with Crippen LogP contribution in [0, 0.1) is 5.41 Å². The first kappa shape index (κ1) is 15.7. The van der Waals surface area contributed by atoms with E-state index in [9.17, 15) is 4.79 Å². The Balaban J connectivity index is 0.00000225. The van der Waals surface area contributed by atoms with Gasteiger partial charge in [0.05, 0.1) is 12.7 Å². The lowest BCUT2D eigenvalue weighted by atomic mass is 9.96. The number of carbonyl (C=O) groups excluding carboxylic acids is 1. The van der Waals surface area contributed by atoms with Gasteiger partial charge in [-0.3, -0.25) is 4.79 Å². The number of carbonyl (C=O) groups is 1. The second-order valence-corrected chi connectivity index (χ2v) is 5.29. The summed E-state index contributed by atoms with van der Waals surface area (Å²) >= 11 is 0. The molecule has 0 aromatic rings. The third kappa shape index (κ3) is 5.14. The van der Waals surface area contributed by atoms with Crippen molar-refractivity contribution in [3.63, 3.8) is 0 Å². The monoisotopic (exact) mass is 250 g/mol. The third-order valence-corrected chi connectivity index (χ3v) is 2.39. The minimum atomic E-state index is -0.207. The van der Waals surface area contributed by atoms with Crippen LogP contribution < -0.4 is 10.6 Å². The Morgan fingerprint density at radius 2 is 2.12 bits per heavy atom. The van der Waals surface area contributed by atoms with Crippen molar-refractivity contribution in [2.45, 2.75) is 39.8 Å². The van der Waals surface area contributed by atoms with Crippen molar-refractivity contribution in [1.82, 2.24) is 10.6 Å². The van der Waals surface area contributed by atoms with Gasteiger partial charge < -0.3 is 15.4 Å². The Morgan fingerprint density at radius 1 is 1.50 bits per heavy atom. The number of halogens is 1. The standard InChI is InChI=1S/C11H22N2O2.ClH/c1-8-9(12-5-6-15-8)10(14)13-7-11(2,3)4;/h8-9,12H,5-7H2,1-4H3,(H,13,14);1H/t8-,9+;/m1./s1. The van der Waals surface area contributed by atoms with E-state index in [1.165, 1.54) is 0 Å². The van der Waals surface area contributed by atoms with Gasteiger partial charge in [0, 0.05) is 13.1 Å². The van der Waals surface area contributed by atoms with Gasteiger partial charge in [0.2, 0.25) is 5.91 Å². The van der Waals surface area contributed by atoms with Crippen LogP contribution in [-0.4, -0.2) is 37.7 Å². The highest BCUT2D eigenvalue weighted by molar-refractivity contribution is 5.85. The van der Waals surface area contributed by atoms with Crippen molar-refractivity contribution >= 4 is 18.3 Å². The predicted octanol–water partition coefficient (Wildman–Crippen LogP) is 0.947. The molecule has 0 aliphatic carbocycles. The molecule has 96 valence electrons. The summed E-state index contributed by atoms with van der Waals surface area (Å²) in [6.45, 7) is 10.3. The van der Waals surface area contributed by atoms with Crippen LogP contribution in [0.3, 0.4) is 0 Å². The molecule has 1 amide bonds. The van der Waals surface area contributed by atoms with E-state index in [0.29, 0.717) is 13.2 Å². The molecule has 0 unspecified atom stereocenters. The number of ether oxygens (including phenoxy) is 1. The zero-order chi connectivity index (χ0) is 11.5. The SMILES string of the molecule is C[C@H]1OCCN[C@@H]1C(=O)NCC(C)(C)C.Cl. The van der Waals surface area contributed by atoms with Crippen LogP contribution in [0.5, 0.6) is 0 Å². The second kappa shape index (κ2) is 6.42. The number of rotatable bonds is 2. The van der Waals surface area contributed by atoms with E-state index in [4.69, 9.17) is 4.74 Å². The molecule has 2 atom stereocenters. The molecule has 5 heteroatoms. The molecule has 0 saturated carbocycles. The summed E-state index contributed by atoms with van der Waals surface area (Å²) in [4.78, 5) is 11.8. The zero-order valence-electron chi connectivity index (χ0n) is 10.5. The number of nitrogens with one attached hydrogen (secondary N) is 2. The molecule has 1 heterocycles. The Kier molecular flexibility index (Phi) is 6.30. The minimum Gasteiger partial charge on any atom is -0.375 e. The Hall–Kier alpha value is -0.320. The second-order valence-electron chi connectivity index (χ2n) is 5.29. The van der Waals surface area contributed by atoms with Crippen molar-refractivity contribution < 1.29 is 9.53 Å². The summed E-state index contributed by atoms with van der Waals surface area (Å²) in [6.07, 6.45) is -0.0429. The summed E-state index contributed by atoms with van der Waals surface area (Å²) in [5, 5.41) is 6.11. The topological polar surface area (TPSA) is 50.4 Å². The van der Waals surface area contributed by atoms with E-state index in [1.54, 1.807) is 0 Å². The van der Waals surface area contributed by atoms with Crippen molar-refractivity contribution in [2.24, 2.45) is 5.41 Å². The van der Waals surface area contributed by atoms with Gasteiger partial charge in [0.1, 0.15) is 6.04 Å². The number of amides is 1. The maximum absolute atomic E-state index is 11.8. The molecule has 2 N–H and O–H groups in total. The highest BCUT2D eigenvalue weighted by Gasteiger charge is 2.28. The highest BCUT2D eigenvalue weighted by atomic mass is 35.5. The number of morpholine rings is 1. The first-order chi connectivity index (χ1) is 6.90. The third-order valence-electron chi connectivity index (χ3n) is 2.39. The number of hydrogen-bond acceptors (Lipinski definition) is 3. The molecule has 0 aromatic heterocycles. The van der Waals surface area contributed by atoms with E-state index in [2.05, 4.69) is 31.4 Å². The maximum atomic E-state index is 11.8. The lowest BCUT2D eigenvalue weighted by molar-refractivity contribution is -0.129. The smallest absolute Gasteiger partial charge is 0.239 e. The molecular weight excluding hydrogens is 228 g/mol. The minimum absolute atomic E-state index is 0. The van der Waals surface area contributed by atoms with Crippen molar-refractivity contribution in [1.29, 1.82) is 0 Å². The fourth-order valence-corrected chi connectivity index (χ4v) is 1.49. The van der Waals surface area contributed by atoms with Gasteiger partial charge in [-0.25, -0.2) is 0 Å². The Morgan fingerprint density at radius 3 is 2.62 bits per heavy atom. The molecule has 4 nitrogen and oxygen atoms in total. The van der Waals surface area contributed by atoms with Gasteiger partial charge in [0.15, 0.2) is 0 Å². The largest absolute Gasteiger partial charge is 0.375 e. The summed E-state index contributed by atoms with van der Waals surface area (Å²) in [5.74, 6) is 0.0390. The average molecular weight is 251 g/mol. The lowest BCUT2D eigenvalue weighted by Crippen LogP contribution is -2.56. The normalized spacial score (nSPS) is 25.8. The van der Waals surface area contributed by atoms with Crippen LogP contribution in [0.25, 0.3) is 0 Å². The van der Waals surface area contributed by atoms with Crippen molar-refractivity contribution in [3.05, 3.63) is 0 Å². The summed E-state index contributed by atoms with van der Waals surface area (Å²) < 4.78 is 5.42. The van der Waals surface area contributed by atoms with E-state index < -0.39 is 0 Å². The Bertz CT molecular complexity index is 229. The molecule has 16 heavy (non-hydrogen) atoms. The quantitative estimate of drug-likeness (QED) is 0.767. The van der Waals surface area contributed by atoms with Crippen LogP contribution in [0.1, 0.15) is 27.7 Å². The molecule has 1 aliphatic rings. The fourth-order valence-electron chi connectivity index (χ4n) is 1.49. The molecule has 0 bridgehead atoms. The maximum Gasteiger partial charge on any atom is 0.239 e. The van der Waals surface area contributed by atoms with E-state index in [1.807, 2.05) is 6.92 Å². The lowest BCUT2D eigenvalue weighted by Gasteiger charge is -2.30. The molecular formula is C11H23ClN2O2. The molecule has 1 fully saturated rings. The van der Waals surface area contributed by atoms with Crippen molar-refractivity contribution in [2.75, 3.05) is 19.7 Å². The zero-order valence-corrected chi connectivity index (χ0v) is 11.3. The molecule has 1 rings (SSSR count). The van der Waals surface area contributed by atoms with Crippen LogP contribution >= 0.6 is 12.4 Å². The van der Waals surface area contributed by atoms with Crippen LogP contribution in [-0.2, 0) is 9.53 Å². The highest BCUT2D eigenvalue weighted by Crippen LogP contribution is 2.11. The van der Waals surface area contributed by atoms with Crippen LogP contribution in [0.2, 0.25) is 0 Å². The average Bonchev–Trinajstić information content (AvgIpc) is 2.14. The first-order valence-corrected chi connectivity index (χ1v) is 5.53. The fraction of sp³-hybridized carbons (Fsp3) is 0.909. The van der Waals surface area contributed by atoms with Gasteiger partial charge in [-0.05, 0) is 12.3 Å². The Labute approximate surface area is 104 Å². The first-order valence-electron chi connectivity index (χ1n) is 5.53. The molecule has 0 radical (unpaired) electrons. The summed E-state index contributed by atoms with van der Waals surface area (Å²) in [5.41, 5.74) is 0.119. The molecule has 0 aromatic carbocycles. The van der Waals surface area contributed by atoms with Gasteiger partial charge in [-0.1, -0.05) is 20.8 Å². The predicted molar refractivity (Wildman–Crippen MR) is 66.9 cm³/mol. The van der Waals surface area contributed by atoms with E-state index in [-0.39, 0.29) is 35.9 Å². The summed E-state index contributed by atoms with van der Waals surface area (Å²) in [7, 11) is 0. The molecule has 1 saturated heterocycles. The van der Waals surface area contributed by atoms with E-state index in [0.717, 1.165) is 6.54 Å². The number of hydrogen-bond donors (Lipinski definition) is 2. The summed E-state index contributed by atoms with van der Waals surface area (Å²) in [6, 6.07) is -0.207. The van der Waals surface area contributed by atoms with Gasteiger partial charge in [-0.15, -0.1) is 12.4 Å². The van der Waals surface area contributed by atoms with Crippen LogP contribution in [0.4, 0.5) is 0 Å². The van der Waals surface area contributed by atoms with Gasteiger partial charge in [-0.2, -0.15) is 0 Å². The van der Waals surface area contributed by atoms with Crippen LogP contribution in [0.15, 0.2) is 0 Å². The van der Waals surface area contributed by atoms with Crippen molar-refractivity contribution in [3.8, 4) is 0 Å². The van der Waals surface area contributed by atoms with Gasteiger partial charge >= 0.3 is 0 Å². The van der Waals surface area contributed by atoms with Gasteiger partial charge in [0.25, 0.3) is 0 Å².